The second-order valence-corrected chi connectivity index (χ2v) is 24.4. The molecule has 0 aromatic rings. The van der Waals surface area contributed by atoms with Gasteiger partial charge in [0.1, 0.15) is 48.6 Å². The average Bonchev–Trinajstić information content (AvgIpc) is 0.823. The zero-order chi connectivity index (χ0) is 75.7. The molecule has 1 aliphatic heterocycles. The maximum atomic E-state index is 13.8. The molecule has 39 nitrogen and oxygen atoms in total. The van der Waals surface area contributed by atoms with Crippen LogP contribution >= 0.6 is 0 Å². The smallest absolute Gasteiger partial charge is 0.242 e. The van der Waals surface area contributed by atoms with Crippen molar-refractivity contribution in [1.82, 2.24) is 42.5 Å². The SMILES string of the molecule is COCCOCCOCCOCCOCCOCCOCCC(=O)NC(CCC(=O)NC(CCC(=O)NCCOCCOC1CC(CO)C(O)C(O)C1NC(C)=O)C(=O)NCCOCCOC1OC(CO)C(O)C(O)C1NC(C)=O)C(=O)NCCOCCOC1CC(CO)C(O)C(O)C1NC(C)=O. The van der Waals surface area contributed by atoms with Crippen molar-refractivity contribution in [2.24, 2.45) is 11.8 Å². The Hall–Kier alpha value is -5.16. The van der Waals surface area contributed by atoms with E-state index in [2.05, 4.69) is 42.5 Å². The van der Waals surface area contributed by atoms with Crippen LogP contribution in [-0.4, -0.2) is 377 Å². The fraction of sp³-hybridized carbons (Fsp3) is 0.875. The van der Waals surface area contributed by atoms with Crippen LogP contribution in [0.2, 0.25) is 0 Å². The molecule has 1 saturated heterocycles. The number of carbonyl (C=O) groups is 8. The van der Waals surface area contributed by atoms with Gasteiger partial charge in [0.25, 0.3) is 0 Å². The zero-order valence-electron chi connectivity index (χ0n) is 59.6. The maximum Gasteiger partial charge on any atom is 0.242 e. The quantitative estimate of drug-likeness (QED) is 0.0252. The number of amides is 8. The fourth-order valence-corrected chi connectivity index (χ4v) is 11.0. The summed E-state index contributed by atoms with van der Waals surface area (Å²) in [5.41, 5.74) is 0. The van der Waals surface area contributed by atoms with Crippen molar-refractivity contribution in [2.75, 3.05) is 192 Å². The van der Waals surface area contributed by atoms with Crippen molar-refractivity contribution < 1.29 is 151 Å². The van der Waals surface area contributed by atoms with E-state index in [-0.39, 0.29) is 144 Å². The molecule has 0 bridgehead atoms. The van der Waals surface area contributed by atoms with Gasteiger partial charge in [-0.2, -0.15) is 0 Å². The van der Waals surface area contributed by atoms with E-state index in [0.717, 1.165) is 0 Å². The minimum atomic E-state index is -1.54. The van der Waals surface area contributed by atoms with Crippen molar-refractivity contribution in [3.63, 3.8) is 0 Å². The monoisotopic (exact) mass is 1490 g/mol. The Morgan fingerprint density at radius 3 is 1.12 bits per heavy atom. The Kier molecular flexibility index (Phi) is 49.4. The number of ether oxygens (including phenoxy) is 14. The van der Waals surface area contributed by atoms with Crippen molar-refractivity contribution in [2.45, 2.75) is 157 Å². The third-order valence-corrected chi connectivity index (χ3v) is 16.4. The molecule has 3 rings (SSSR count). The molecule has 0 radical (unpaired) electrons. The summed E-state index contributed by atoms with van der Waals surface area (Å²) in [4.78, 5) is 103. The summed E-state index contributed by atoms with van der Waals surface area (Å²) in [5.74, 6) is -6.21. The Morgan fingerprint density at radius 1 is 0.379 bits per heavy atom. The second kappa shape index (κ2) is 55.3. The molecule has 3 aliphatic rings. The van der Waals surface area contributed by atoms with Crippen LogP contribution in [0.25, 0.3) is 0 Å². The molecule has 0 aromatic carbocycles. The minimum Gasteiger partial charge on any atom is -0.396 e. The van der Waals surface area contributed by atoms with Gasteiger partial charge < -0.3 is 155 Å². The molecule has 2 aliphatic carbocycles. The van der Waals surface area contributed by atoms with Crippen LogP contribution in [0, 0.1) is 11.8 Å². The molecule has 39 heteroatoms. The average molecular weight is 1490 g/mol. The van der Waals surface area contributed by atoms with E-state index in [4.69, 9.17) is 66.3 Å². The lowest BCUT2D eigenvalue weighted by Crippen LogP contribution is -2.64. The Labute approximate surface area is 599 Å². The predicted molar refractivity (Wildman–Crippen MR) is 356 cm³/mol. The second-order valence-electron chi connectivity index (χ2n) is 24.4. The van der Waals surface area contributed by atoms with Crippen molar-refractivity contribution in [3.8, 4) is 0 Å². The van der Waals surface area contributed by atoms with Gasteiger partial charge in [0.05, 0.1) is 188 Å². The summed E-state index contributed by atoms with van der Waals surface area (Å²) >= 11 is 0. The van der Waals surface area contributed by atoms with Gasteiger partial charge >= 0.3 is 0 Å². The lowest BCUT2D eigenvalue weighted by atomic mass is 9.79. The topological polar surface area (TPSA) is 544 Å². The molecule has 17 atom stereocenters. The van der Waals surface area contributed by atoms with Crippen LogP contribution in [0.5, 0.6) is 0 Å². The molecule has 17 unspecified atom stereocenters. The van der Waals surface area contributed by atoms with E-state index in [1.165, 1.54) is 20.8 Å². The molecule has 598 valence electrons. The largest absolute Gasteiger partial charge is 0.396 e. The Bertz CT molecular complexity index is 2370. The van der Waals surface area contributed by atoms with Crippen LogP contribution in [0.1, 0.15) is 65.7 Å². The van der Waals surface area contributed by atoms with Crippen LogP contribution < -0.4 is 42.5 Å². The highest BCUT2D eigenvalue weighted by molar-refractivity contribution is 5.90. The summed E-state index contributed by atoms with van der Waals surface area (Å²) in [7, 11) is 1.60. The van der Waals surface area contributed by atoms with Crippen molar-refractivity contribution >= 4 is 47.3 Å². The first-order valence-corrected chi connectivity index (χ1v) is 34.9. The van der Waals surface area contributed by atoms with Gasteiger partial charge in [-0.3, -0.25) is 38.4 Å². The molecule has 3 fully saturated rings. The summed E-state index contributed by atoms with van der Waals surface area (Å²) in [6.45, 7) is 5.73. The molecular formula is C64H116N8O31. The number of aliphatic hydroxyl groups excluding tert-OH is 9. The number of carbonyl (C=O) groups excluding carboxylic acids is 8. The molecule has 2 saturated carbocycles. The fourth-order valence-electron chi connectivity index (χ4n) is 11.0. The molecule has 0 aromatic heterocycles. The van der Waals surface area contributed by atoms with Gasteiger partial charge in [0, 0.05) is 91.8 Å². The zero-order valence-corrected chi connectivity index (χ0v) is 59.6. The van der Waals surface area contributed by atoms with E-state index in [0.29, 0.717) is 59.5 Å². The molecule has 17 N–H and O–H groups in total. The lowest BCUT2D eigenvalue weighted by Gasteiger charge is -2.42. The standard InChI is InChI=1S/C64H116N8O31/c1-40(76)68-53-47(35-43(37-73)56(82)59(53)85)100-32-29-92-14-10-65-50(79)7-5-45(62(88)66-12-16-94-31-34-102-64-55(70-42(3)78)61(87)58(84)49(39-75)103-64)71-51(80)8-6-46(63(89)67-11-15-93-30-33-101-48-36-44(38-74)57(83)60(86)54(48)69-41(2)77)72-52(81)9-13-91-19-20-96-23-24-98-27-28-99-26-25-97-22-21-95-18-17-90-4/h43-49,53-61,64,73-75,82-87H,5-39H2,1-4H3,(H,65,79)(H,66,88)(H,67,89)(H,68,76)(H,69,77)(H,70,78)(H,71,80)(H,72,81). The molecule has 8 amide bonds. The van der Waals surface area contributed by atoms with Crippen LogP contribution in [-0.2, 0) is 105 Å². The summed E-state index contributed by atoms with van der Waals surface area (Å²) in [6, 6.07) is -5.76. The van der Waals surface area contributed by atoms with Gasteiger partial charge in [-0.25, -0.2) is 0 Å². The van der Waals surface area contributed by atoms with Gasteiger partial charge in [0.2, 0.25) is 47.3 Å². The van der Waals surface area contributed by atoms with Crippen LogP contribution in [0.4, 0.5) is 0 Å². The highest BCUT2D eigenvalue weighted by atomic mass is 16.7. The van der Waals surface area contributed by atoms with Gasteiger partial charge in [-0.05, 0) is 25.7 Å². The van der Waals surface area contributed by atoms with E-state index in [9.17, 15) is 84.3 Å². The number of rotatable bonds is 58. The summed E-state index contributed by atoms with van der Waals surface area (Å²) in [5, 5.41) is 113. The van der Waals surface area contributed by atoms with E-state index < -0.39 is 177 Å². The number of aliphatic hydroxyl groups is 9. The predicted octanol–water partition coefficient (Wildman–Crippen LogP) is -8.74. The number of methoxy groups -OCH3 is 1. The number of hydrogen-bond acceptors (Lipinski definition) is 31. The summed E-state index contributed by atoms with van der Waals surface area (Å²) in [6.07, 6.45) is -13.7. The first-order valence-electron chi connectivity index (χ1n) is 34.9. The van der Waals surface area contributed by atoms with Gasteiger partial charge in [-0.1, -0.05) is 0 Å². The van der Waals surface area contributed by atoms with E-state index in [1.54, 1.807) is 7.11 Å². The van der Waals surface area contributed by atoms with Crippen LogP contribution in [0.15, 0.2) is 0 Å². The number of hydrogen-bond donors (Lipinski definition) is 17. The third kappa shape index (κ3) is 38.3. The first-order chi connectivity index (χ1) is 49.6. The Balaban J connectivity index is 1.59. The highest BCUT2D eigenvalue weighted by Crippen LogP contribution is 2.29. The molecule has 103 heavy (non-hydrogen) atoms. The Morgan fingerprint density at radius 2 is 0.718 bits per heavy atom. The van der Waals surface area contributed by atoms with Crippen LogP contribution in [0.3, 0.4) is 0 Å². The van der Waals surface area contributed by atoms with Crippen molar-refractivity contribution in [1.29, 1.82) is 0 Å². The lowest BCUT2D eigenvalue weighted by molar-refractivity contribution is -0.272. The minimum absolute atomic E-state index is 0.00442. The molecule has 1 heterocycles. The summed E-state index contributed by atoms with van der Waals surface area (Å²) < 4.78 is 77.6. The third-order valence-electron chi connectivity index (χ3n) is 16.4. The number of nitrogens with one attached hydrogen (secondary N) is 8. The molecule has 0 spiro atoms. The van der Waals surface area contributed by atoms with E-state index in [1.807, 2.05) is 0 Å². The molecular weight excluding hydrogens is 1380 g/mol. The van der Waals surface area contributed by atoms with E-state index >= 15 is 0 Å². The first kappa shape index (κ1) is 92.0. The normalized spacial score (nSPS) is 25.4. The maximum absolute atomic E-state index is 13.8. The highest BCUT2D eigenvalue weighted by Gasteiger charge is 2.47. The van der Waals surface area contributed by atoms with Gasteiger partial charge in [0.15, 0.2) is 6.29 Å². The van der Waals surface area contributed by atoms with Crippen molar-refractivity contribution in [3.05, 3.63) is 0 Å². The van der Waals surface area contributed by atoms with Gasteiger partial charge in [-0.15, -0.1) is 0 Å².